The van der Waals surface area contributed by atoms with Gasteiger partial charge in [-0.25, -0.2) is 0 Å². The molecule has 4 saturated carbocycles. The second-order valence-electron chi connectivity index (χ2n) is 10.2. The lowest BCUT2D eigenvalue weighted by molar-refractivity contribution is -0.0672. The molecule has 168 valence electrons. The van der Waals surface area contributed by atoms with E-state index in [0.717, 1.165) is 23.3 Å². The number of hydrogen-bond donors (Lipinski definition) is 2. The van der Waals surface area contributed by atoms with Gasteiger partial charge in [0, 0.05) is 11.6 Å². The van der Waals surface area contributed by atoms with Crippen molar-refractivity contribution in [3.05, 3.63) is 65.7 Å². The van der Waals surface area contributed by atoms with E-state index in [0.29, 0.717) is 28.4 Å². The Balaban J connectivity index is 1.17. The third-order valence-corrected chi connectivity index (χ3v) is 8.14. The third-order valence-electron chi connectivity index (χ3n) is 7.92. The van der Waals surface area contributed by atoms with Gasteiger partial charge in [-0.15, -0.1) is 0 Å². The minimum atomic E-state index is -0.203. The molecule has 4 bridgehead atoms. The summed E-state index contributed by atoms with van der Waals surface area (Å²) in [6.45, 7) is 2.72. The monoisotopic (exact) mass is 448 g/mol. The van der Waals surface area contributed by atoms with Crippen molar-refractivity contribution in [2.45, 2.75) is 58.1 Å². The van der Waals surface area contributed by atoms with Crippen LogP contribution in [0.4, 0.5) is 0 Å². The molecule has 0 spiro atoms. The molecule has 0 radical (unpaired) electrons. The maximum absolute atomic E-state index is 12.8. The lowest BCUT2D eigenvalue weighted by Gasteiger charge is -2.59. The molecule has 2 N–H and O–H groups in total. The lowest BCUT2D eigenvalue weighted by atomic mass is 9.48. The first-order valence-electron chi connectivity index (χ1n) is 11.9. The van der Waals surface area contributed by atoms with Crippen LogP contribution in [0.25, 0.3) is 0 Å². The fraction of sp³-hybridized carbons (Fsp3) is 0.481. The zero-order chi connectivity index (χ0) is 22.1. The highest BCUT2D eigenvalue weighted by Gasteiger charge is 2.53. The number of rotatable bonds is 6. The number of nitrogens with one attached hydrogen (secondary N) is 2. The topological polar surface area (TPSA) is 50.4 Å². The zero-order valence-electron chi connectivity index (χ0n) is 18.7. The Morgan fingerprint density at radius 3 is 2.34 bits per heavy atom. The summed E-state index contributed by atoms with van der Waals surface area (Å²) >= 11 is 5.54. The maximum atomic E-state index is 12.8. The van der Waals surface area contributed by atoms with Gasteiger partial charge in [-0.1, -0.05) is 36.4 Å². The molecular formula is C27H32N2O2S. The number of hydrogen-bond acceptors (Lipinski definition) is 3. The quantitative estimate of drug-likeness (QED) is 0.575. The molecule has 1 atom stereocenters. The molecule has 4 nitrogen and oxygen atoms in total. The van der Waals surface area contributed by atoms with Crippen LogP contribution in [0, 0.1) is 23.2 Å². The van der Waals surface area contributed by atoms with Gasteiger partial charge in [-0.3, -0.25) is 10.1 Å². The summed E-state index contributed by atoms with van der Waals surface area (Å²) < 4.78 is 5.86. The SMILES string of the molecule is C[C@H](NC(=S)NC(=O)c1cccc(OCc2ccccc2)c1)C12CC3CC(CC(C3)C1)C2. The van der Waals surface area contributed by atoms with E-state index < -0.39 is 0 Å². The van der Waals surface area contributed by atoms with Crippen molar-refractivity contribution >= 4 is 23.2 Å². The summed E-state index contributed by atoms with van der Waals surface area (Å²) in [5.41, 5.74) is 1.97. The van der Waals surface area contributed by atoms with E-state index in [2.05, 4.69) is 17.6 Å². The van der Waals surface area contributed by atoms with Crippen LogP contribution in [0.5, 0.6) is 5.75 Å². The molecule has 0 heterocycles. The highest BCUT2D eigenvalue weighted by atomic mass is 32.1. The van der Waals surface area contributed by atoms with Crippen LogP contribution in [0.3, 0.4) is 0 Å². The van der Waals surface area contributed by atoms with Gasteiger partial charge in [0.2, 0.25) is 0 Å². The number of amides is 1. The van der Waals surface area contributed by atoms with E-state index in [9.17, 15) is 4.79 Å². The van der Waals surface area contributed by atoms with Gasteiger partial charge in [0.25, 0.3) is 5.91 Å². The molecule has 4 aliphatic carbocycles. The highest BCUT2D eigenvalue weighted by Crippen LogP contribution is 2.61. The molecule has 2 aromatic rings. The molecule has 1 amide bonds. The van der Waals surface area contributed by atoms with Crippen LogP contribution in [0.2, 0.25) is 0 Å². The molecular weight excluding hydrogens is 416 g/mol. The van der Waals surface area contributed by atoms with E-state index in [1.54, 1.807) is 12.1 Å². The van der Waals surface area contributed by atoms with E-state index in [4.69, 9.17) is 17.0 Å². The second kappa shape index (κ2) is 8.86. The third kappa shape index (κ3) is 4.54. The first-order valence-corrected chi connectivity index (χ1v) is 12.3. The molecule has 0 aliphatic heterocycles. The van der Waals surface area contributed by atoms with Crippen LogP contribution >= 0.6 is 12.2 Å². The fourth-order valence-corrected chi connectivity index (χ4v) is 7.01. The summed E-state index contributed by atoms with van der Waals surface area (Å²) in [5, 5.41) is 6.78. The van der Waals surface area contributed by atoms with Crippen molar-refractivity contribution < 1.29 is 9.53 Å². The number of thiocarbonyl (C=S) groups is 1. The van der Waals surface area contributed by atoms with E-state index in [-0.39, 0.29) is 11.9 Å². The molecule has 32 heavy (non-hydrogen) atoms. The first kappa shape index (κ1) is 21.4. The summed E-state index contributed by atoms with van der Waals surface area (Å²) in [4.78, 5) is 12.8. The van der Waals surface area contributed by atoms with Crippen LogP contribution in [-0.2, 0) is 6.61 Å². The van der Waals surface area contributed by atoms with Gasteiger partial charge in [-0.05, 0) is 105 Å². The van der Waals surface area contributed by atoms with Crippen molar-refractivity contribution in [2.75, 3.05) is 0 Å². The van der Waals surface area contributed by atoms with Crippen molar-refractivity contribution in [3.63, 3.8) is 0 Å². The van der Waals surface area contributed by atoms with Crippen molar-refractivity contribution in [3.8, 4) is 5.75 Å². The average Bonchev–Trinajstić information content (AvgIpc) is 2.77. The Kier molecular flexibility index (Phi) is 5.93. The molecule has 0 unspecified atom stereocenters. The van der Waals surface area contributed by atoms with Crippen molar-refractivity contribution in [1.82, 2.24) is 10.6 Å². The van der Waals surface area contributed by atoms with Gasteiger partial charge in [0.05, 0.1) is 0 Å². The van der Waals surface area contributed by atoms with Crippen LogP contribution in [-0.4, -0.2) is 17.1 Å². The largest absolute Gasteiger partial charge is 0.489 e. The minimum Gasteiger partial charge on any atom is -0.489 e. The average molecular weight is 449 g/mol. The number of carbonyl (C=O) groups excluding carboxylic acids is 1. The molecule has 5 heteroatoms. The molecule has 0 aromatic heterocycles. The predicted molar refractivity (Wildman–Crippen MR) is 130 cm³/mol. The molecule has 6 rings (SSSR count). The van der Waals surface area contributed by atoms with Crippen molar-refractivity contribution in [1.29, 1.82) is 0 Å². The maximum Gasteiger partial charge on any atom is 0.257 e. The summed E-state index contributed by atoms with van der Waals surface area (Å²) in [5.74, 6) is 3.15. The standard InChI is InChI=1S/C27H32N2O2S/c1-18(27-14-20-10-21(15-27)12-22(11-20)16-27)28-26(32)29-25(30)23-8-5-9-24(13-23)31-17-19-6-3-2-4-7-19/h2-9,13,18,20-22H,10-12,14-17H2,1H3,(H2,28,29,30,32)/t18-,20?,21?,22?,27?/m0/s1. The van der Waals surface area contributed by atoms with E-state index >= 15 is 0 Å². The van der Waals surface area contributed by atoms with Crippen LogP contribution in [0.15, 0.2) is 54.6 Å². The van der Waals surface area contributed by atoms with Gasteiger partial charge in [0.1, 0.15) is 12.4 Å². The van der Waals surface area contributed by atoms with Gasteiger partial charge in [0.15, 0.2) is 5.11 Å². The van der Waals surface area contributed by atoms with Crippen LogP contribution < -0.4 is 15.4 Å². The summed E-state index contributed by atoms with van der Waals surface area (Å²) in [6, 6.07) is 17.5. The Hall–Kier alpha value is -2.40. The van der Waals surface area contributed by atoms with Gasteiger partial charge in [-0.2, -0.15) is 0 Å². The summed E-state index contributed by atoms with van der Waals surface area (Å²) in [6.07, 6.45) is 8.21. The Morgan fingerprint density at radius 2 is 1.69 bits per heavy atom. The Morgan fingerprint density at radius 1 is 1.03 bits per heavy atom. The minimum absolute atomic E-state index is 0.203. The smallest absolute Gasteiger partial charge is 0.257 e. The number of carbonyl (C=O) groups is 1. The molecule has 4 aliphatic rings. The fourth-order valence-electron chi connectivity index (χ4n) is 6.74. The number of benzene rings is 2. The normalized spacial score (nSPS) is 28.7. The Labute approximate surface area is 196 Å². The molecule has 0 saturated heterocycles. The predicted octanol–water partition coefficient (Wildman–Crippen LogP) is 5.47. The Bertz CT molecular complexity index is 955. The van der Waals surface area contributed by atoms with Crippen LogP contribution in [0.1, 0.15) is 61.4 Å². The van der Waals surface area contributed by atoms with Crippen molar-refractivity contribution in [2.24, 2.45) is 23.2 Å². The van der Waals surface area contributed by atoms with E-state index in [1.165, 1.54) is 38.5 Å². The second-order valence-corrected chi connectivity index (χ2v) is 10.6. The van der Waals surface area contributed by atoms with Gasteiger partial charge >= 0.3 is 0 Å². The zero-order valence-corrected chi connectivity index (χ0v) is 19.5. The lowest BCUT2D eigenvalue weighted by Crippen LogP contribution is -2.57. The molecule has 2 aromatic carbocycles. The molecule has 4 fully saturated rings. The summed E-state index contributed by atoms with van der Waals surface area (Å²) in [7, 11) is 0. The van der Waals surface area contributed by atoms with Gasteiger partial charge < -0.3 is 10.1 Å². The van der Waals surface area contributed by atoms with E-state index in [1.807, 2.05) is 42.5 Å². The number of ether oxygens (including phenoxy) is 1. The first-order chi connectivity index (χ1) is 15.5. The highest BCUT2D eigenvalue weighted by molar-refractivity contribution is 7.80.